The molecule has 0 bridgehead atoms. The highest BCUT2D eigenvalue weighted by Gasteiger charge is 2.18. The predicted octanol–water partition coefficient (Wildman–Crippen LogP) is 4.44. The molecule has 2 aromatic carbocycles. The van der Waals surface area contributed by atoms with Gasteiger partial charge in [-0.2, -0.15) is 0 Å². The van der Waals surface area contributed by atoms with Gasteiger partial charge in [0.05, 0.1) is 0 Å². The second-order valence-corrected chi connectivity index (χ2v) is 4.84. The summed E-state index contributed by atoms with van der Waals surface area (Å²) in [4.78, 5) is 0. The number of hydrogen-bond donors (Lipinski definition) is 0. The largest absolute Gasteiger partial charge is 0.0760 e. The molecule has 0 atom stereocenters. The Bertz CT molecular complexity index is 574. The topological polar surface area (TPSA) is 0 Å². The lowest BCUT2D eigenvalue weighted by Gasteiger charge is -2.12. The Morgan fingerprint density at radius 1 is 1.00 bits per heavy atom. The Morgan fingerprint density at radius 3 is 2.62 bits per heavy atom. The first-order valence-electron chi connectivity index (χ1n) is 5.98. The number of hydrogen-bond acceptors (Lipinski definition) is 0. The van der Waals surface area contributed by atoms with Gasteiger partial charge in [-0.05, 0) is 39.8 Å². The Hall–Kier alpha value is -1.56. The highest BCUT2D eigenvalue weighted by molar-refractivity contribution is 5.97. The lowest BCUT2D eigenvalue weighted by atomic mass is 9.92. The molecular weight excluding hydrogens is 192 g/mol. The van der Waals surface area contributed by atoms with Crippen LogP contribution in [0.5, 0.6) is 0 Å². The molecule has 0 amide bonds. The quantitative estimate of drug-likeness (QED) is 0.650. The second kappa shape index (κ2) is 3.48. The van der Waals surface area contributed by atoms with Crippen LogP contribution in [0.15, 0.2) is 42.5 Å². The van der Waals surface area contributed by atoms with Crippen LogP contribution in [0.2, 0.25) is 0 Å². The van der Waals surface area contributed by atoms with E-state index >= 15 is 0 Å². The van der Waals surface area contributed by atoms with Crippen LogP contribution in [0.3, 0.4) is 0 Å². The fraction of sp³-hybridized carbons (Fsp3) is 0.250. The molecule has 0 aliphatic heterocycles. The zero-order valence-electron chi connectivity index (χ0n) is 9.83. The van der Waals surface area contributed by atoms with Gasteiger partial charge >= 0.3 is 0 Å². The first kappa shape index (κ1) is 9.65. The Balaban J connectivity index is 2.34. The predicted molar refractivity (Wildman–Crippen MR) is 70.5 cm³/mol. The Kier molecular flexibility index (Phi) is 2.10. The number of rotatable bonds is 1. The van der Waals surface area contributed by atoms with Gasteiger partial charge in [-0.15, -0.1) is 0 Å². The molecule has 0 saturated carbocycles. The zero-order valence-corrected chi connectivity index (χ0v) is 9.83. The molecule has 80 valence electrons. The molecular formula is C16H16. The molecule has 0 fully saturated rings. The number of benzene rings is 2. The van der Waals surface area contributed by atoms with Crippen LogP contribution < -0.4 is 0 Å². The highest BCUT2D eigenvalue weighted by atomic mass is 14.2. The van der Waals surface area contributed by atoms with Crippen LogP contribution in [-0.4, -0.2) is 0 Å². The van der Waals surface area contributed by atoms with E-state index in [1.165, 1.54) is 27.5 Å². The monoisotopic (exact) mass is 208 g/mol. The van der Waals surface area contributed by atoms with E-state index < -0.39 is 0 Å². The third kappa shape index (κ3) is 1.30. The van der Waals surface area contributed by atoms with Crippen molar-refractivity contribution in [1.82, 2.24) is 0 Å². The summed E-state index contributed by atoms with van der Waals surface area (Å²) in [6, 6.07) is 13.2. The molecule has 0 saturated heterocycles. The standard InChI is InChI=1S/C16H16/c1-11(2)14-10-9-13-8-7-12-5-3-4-6-15(12)16(13)14/h3-8,10-11H,9H2,1-2H3. The van der Waals surface area contributed by atoms with Gasteiger partial charge in [0.1, 0.15) is 0 Å². The molecule has 0 N–H and O–H groups in total. The van der Waals surface area contributed by atoms with Gasteiger partial charge in [0, 0.05) is 0 Å². The summed E-state index contributed by atoms with van der Waals surface area (Å²) in [6.45, 7) is 4.56. The molecule has 2 aromatic rings. The van der Waals surface area contributed by atoms with Crippen LogP contribution in [0.1, 0.15) is 25.0 Å². The maximum Gasteiger partial charge on any atom is -0.00850 e. The smallest absolute Gasteiger partial charge is 0.00850 e. The van der Waals surface area contributed by atoms with Gasteiger partial charge < -0.3 is 0 Å². The van der Waals surface area contributed by atoms with Crippen molar-refractivity contribution in [3.63, 3.8) is 0 Å². The molecule has 0 unspecified atom stereocenters. The highest BCUT2D eigenvalue weighted by Crippen LogP contribution is 2.37. The van der Waals surface area contributed by atoms with Crippen LogP contribution in [0.4, 0.5) is 0 Å². The Morgan fingerprint density at radius 2 is 1.81 bits per heavy atom. The molecule has 0 heterocycles. The minimum atomic E-state index is 0.618. The molecule has 0 radical (unpaired) electrons. The lowest BCUT2D eigenvalue weighted by Crippen LogP contribution is -1.93. The Labute approximate surface area is 96.6 Å². The van der Waals surface area contributed by atoms with Crippen molar-refractivity contribution in [3.8, 4) is 0 Å². The van der Waals surface area contributed by atoms with E-state index in [1.807, 2.05) is 0 Å². The molecule has 3 rings (SSSR count). The first-order chi connectivity index (χ1) is 7.77. The molecule has 0 spiro atoms. The van der Waals surface area contributed by atoms with Crippen LogP contribution in [-0.2, 0) is 6.42 Å². The van der Waals surface area contributed by atoms with Crippen molar-refractivity contribution in [2.75, 3.05) is 0 Å². The van der Waals surface area contributed by atoms with Gasteiger partial charge in [-0.3, -0.25) is 0 Å². The van der Waals surface area contributed by atoms with E-state index in [1.54, 1.807) is 0 Å². The van der Waals surface area contributed by atoms with Crippen molar-refractivity contribution in [3.05, 3.63) is 53.6 Å². The third-order valence-corrected chi connectivity index (χ3v) is 3.47. The second-order valence-electron chi connectivity index (χ2n) is 4.84. The van der Waals surface area contributed by atoms with E-state index in [2.05, 4.69) is 56.3 Å². The average Bonchev–Trinajstić information content (AvgIpc) is 2.73. The van der Waals surface area contributed by atoms with E-state index in [0.717, 1.165) is 6.42 Å². The molecule has 1 aliphatic rings. The molecule has 0 heteroatoms. The van der Waals surface area contributed by atoms with E-state index in [9.17, 15) is 0 Å². The van der Waals surface area contributed by atoms with Crippen molar-refractivity contribution in [1.29, 1.82) is 0 Å². The van der Waals surface area contributed by atoms with E-state index in [-0.39, 0.29) is 0 Å². The minimum Gasteiger partial charge on any atom is -0.0760 e. The number of allylic oxidation sites excluding steroid dienone is 2. The first-order valence-corrected chi connectivity index (χ1v) is 5.98. The van der Waals surface area contributed by atoms with E-state index in [4.69, 9.17) is 0 Å². The van der Waals surface area contributed by atoms with Gasteiger partial charge in [0.25, 0.3) is 0 Å². The fourth-order valence-electron chi connectivity index (χ4n) is 2.67. The summed E-state index contributed by atoms with van der Waals surface area (Å²) in [5, 5.41) is 2.77. The van der Waals surface area contributed by atoms with Crippen LogP contribution in [0, 0.1) is 5.92 Å². The van der Waals surface area contributed by atoms with Crippen molar-refractivity contribution in [2.45, 2.75) is 20.3 Å². The summed E-state index contributed by atoms with van der Waals surface area (Å²) < 4.78 is 0. The molecule has 1 aliphatic carbocycles. The molecule has 0 aromatic heterocycles. The van der Waals surface area contributed by atoms with Gasteiger partial charge in [-0.25, -0.2) is 0 Å². The summed E-state index contributed by atoms with van der Waals surface area (Å²) in [5.41, 5.74) is 4.50. The van der Waals surface area contributed by atoms with Crippen molar-refractivity contribution >= 4 is 16.3 Å². The van der Waals surface area contributed by atoms with Crippen molar-refractivity contribution in [2.24, 2.45) is 5.92 Å². The molecule has 0 nitrogen and oxygen atoms in total. The maximum absolute atomic E-state index is 2.39. The van der Waals surface area contributed by atoms with E-state index in [0.29, 0.717) is 5.92 Å². The van der Waals surface area contributed by atoms with Crippen LogP contribution >= 0.6 is 0 Å². The minimum absolute atomic E-state index is 0.618. The molecule has 16 heavy (non-hydrogen) atoms. The summed E-state index contributed by atoms with van der Waals surface area (Å²) in [6.07, 6.45) is 3.50. The number of fused-ring (bicyclic) bond motifs is 3. The summed E-state index contributed by atoms with van der Waals surface area (Å²) in [5.74, 6) is 0.618. The van der Waals surface area contributed by atoms with Gasteiger partial charge in [0.15, 0.2) is 0 Å². The van der Waals surface area contributed by atoms with Crippen LogP contribution in [0.25, 0.3) is 16.3 Å². The van der Waals surface area contributed by atoms with Gasteiger partial charge in [-0.1, -0.05) is 56.3 Å². The van der Waals surface area contributed by atoms with Gasteiger partial charge in [0.2, 0.25) is 0 Å². The summed E-state index contributed by atoms with van der Waals surface area (Å²) >= 11 is 0. The third-order valence-electron chi connectivity index (χ3n) is 3.47. The normalized spacial score (nSPS) is 14.3. The average molecular weight is 208 g/mol. The fourth-order valence-corrected chi connectivity index (χ4v) is 2.67. The van der Waals surface area contributed by atoms with Crippen molar-refractivity contribution < 1.29 is 0 Å². The zero-order chi connectivity index (χ0) is 11.1. The summed E-state index contributed by atoms with van der Waals surface area (Å²) in [7, 11) is 0. The maximum atomic E-state index is 2.39. The SMILES string of the molecule is CC(C)C1=CCc2ccc3ccccc3c21. The lowest BCUT2D eigenvalue weighted by molar-refractivity contribution is 0.858.